The average Bonchev–Trinajstić information content (AvgIpc) is 3.50. The van der Waals surface area contributed by atoms with Crippen LogP contribution >= 0.6 is 0 Å². The highest BCUT2D eigenvalue weighted by Crippen LogP contribution is 2.35. The molecule has 5 rings (SSSR count). The van der Waals surface area contributed by atoms with E-state index in [0.717, 1.165) is 0 Å². The van der Waals surface area contributed by atoms with Crippen LogP contribution in [-0.4, -0.2) is 273 Å². The first kappa shape index (κ1) is 46.0. The molecule has 26 heteroatoms. The summed E-state index contributed by atoms with van der Waals surface area (Å²) in [7, 11) is 0. The zero-order chi connectivity index (χ0) is 41.3. The monoisotopic (exact) mass is 828 g/mol. The average molecular weight is 829 g/mol. The highest BCUT2D eigenvalue weighted by atomic mass is 16.8. The van der Waals surface area contributed by atoms with Crippen molar-refractivity contribution in [3.8, 4) is 0 Å². The van der Waals surface area contributed by atoms with Crippen LogP contribution in [0.15, 0.2) is 0 Å². The van der Waals surface area contributed by atoms with Crippen molar-refractivity contribution in [2.24, 2.45) is 0 Å². The summed E-state index contributed by atoms with van der Waals surface area (Å²) < 4.78 is 49.7. The molecule has 0 aromatic heterocycles. The number of hydrogen-bond acceptors (Lipinski definition) is 26. The molecule has 5 fully saturated rings. The van der Waals surface area contributed by atoms with Gasteiger partial charge in [-0.1, -0.05) is 0 Å². The number of hydrogen-bond donors (Lipinski definition) is 17. The fraction of sp³-hybridized carbons (Fsp3) is 1.00. The van der Waals surface area contributed by atoms with Crippen molar-refractivity contribution in [1.82, 2.24) is 0 Å². The minimum atomic E-state index is -2.15. The highest BCUT2D eigenvalue weighted by Gasteiger charge is 2.56. The van der Waals surface area contributed by atoms with Crippen molar-refractivity contribution >= 4 is 0 Å². The second-order valence-electron chi connectivity index (χ2n) is 14.0. The van der Waals surface area contributed by atoms with Gasteiger partial charge in [-0.2, -0.15) is 0 Å². The Kier molecular flexibility index (Phi) is 16.1. The normalized spacial score (nSPS) is 52.2. The molecule has 0 spiro atoms. The van der Waals surface area contributed by atoms with Gasteiger partial charge >= 0.3 is 0 Å². The standard InChI is InChI=1S/C30H52O26/c31-1-6(35)22-21(46)25(56-28-20(45)16(41)12(37)9(4-34)51-28)29(53-22)48-5-10-14(39)18(43)24(55-27-19(44)15(40)11(36)8(3-33)50-27)30(52-10)54-23-17(42)13(38)7(2-32)49-26(23)47/h6-47H,1-5H2/t6-,7-,8-,9-,10-,11+,12-,13-,14-,15+,16+,17+,18+,19-,20-,21+,22+,23+,24+,25-,26+,27-,28-,29-,30-/m1/s1. The lowest BCUT2D eigenvalue weighted by molar-refractivity contribution is -0.393. The number of rotatable bonds is 14. The number of aliphatic hydroxyl groups is 17. The number of ether oxygens (including phenoxy) is 9. The third-order valence-electron chi connectivity index (χ3n) is 10.3. The van der Waals surface area contributed by atoms with E-state index in [1.165, 1.54) is 0 Å². The van der Waals surface area contributed by atoms with Crippen LogP contribution in [0.4, 0.5) is 0 Å². The van der Waals surface area contributed by atoms with Crippen LogP contribution in [0.5, 0.6) is 0 Å². The minimum absolute atomic E-state index is 0.841. The first-order valence-corrected chi connectivity index (χ1v) is 17.6. The molecule has 0 radical (unpaired) electrons. The van der Waals surface area contributed by atoms with Gasteiger partial charge in [-0.3, -0.25) is 0 Å². The van der Waals surface area contributed by atoms with Crippen molar-refractivity contribution in [3.05, 3.63) is 0 Å². The lowest BCUT2D eigenvalue weighted by atomic mass is 9.96. The number of aliphatic hydroxyl groups excluding tert-OH is 17. The van der Waals surface area contributed by atoms with Crippen LogP contribution in [-0.2, 0) is 42.6 Å². The SMILES string of the molecule is OC[C@@H](O)[C@@H]1O[C@@H](OC[C@H]2O[C@H](O[C@H]3[C@@H](O)[C@H](O)[C@@H](CO)O[C@@H]3O)[C@@H](O[C@H]3O[C@H](CO)[C@H](O)[C@H](O)[C@H]3O)[C@@H](O)[C@@H]2O)[C@H](O[C@H]2O[C@H](CO)[C@@H](O)[C@H](O)[C@H]2O)[C@H]1O. The van der Waals surface area contributed by atoms with Gasteiger partial charge < -0.3 is 129 Å². The first-order valence-electron chi connectivity index (χ1n) is 17.6. The smallest absolute Gasteiger partial charge is 0.187 e. The molecule has 0 aromatic carbocycles. The molecular weight excluding hydrogens is 776 g/mol. The molecule has 5 aliphatic heterocycles. The molecule has 328 valence electrons. The van der Waals surface area contributed by atoms with Crippen molar-refractivity contribution in [2.45, 2.75) is 154 Å². The zero-order valence-corrected chi connectivity index (χ0v) is 29.2. The first-order chi connectivity index (χ1) is 26.5. The van der Waals surface area contributed by atoms with Crippen LogP contribution in [0.3, 0.4) is 0 Å². The second-order valence-corrected chi connectivity index (χ2v) is 14.0. The minimum Gasteiger partial charge on any atom is -0.394 e. The van der Waals surface area contributed by atoms with Gasteiger partial charge in [-0.25, -0.2) is 0 Å². The van der Waals surface area contributed by atoms with Gasteiger partial charge in [0, 0.05) is 0 Å². The topological polar surface area (TPSA) is 427 Å². The lowest BCUT2D eigenvalue weighted by Gasteiger charge is -2.48. The third kappa shape index (κ3) is 9.31. The summed E-state index contributed by atoms with van der Waals surface area (Å²) in [6.07, 6.45) is -46.5. The Morgan fingerprint density at radius 3 is 1.30 bits per heavy atom. The van der Waals surface area contributed by atoms with Gasteiger partial charge in [0.1, 0.15) is 122 Å². The van der Waals surface area contributed by atoms with E-state index in [4.69, 9.17) is 42.6 Å². The Hall–Kier alpha value is -1.04. The molecule has 17 N–H and O–H groups in total. The Morgan fingerprint density at radius 2 is 0.804 bits per heavy atom. The third-order valence-corrected chi connectivity index (χ3v) is 10.3. The molecule has 26 nitrogen and oxygen atoms in total. The van der Waals surface area contributed by atoms with Gasteiger partial charge in [-0.15, -0.1) is 0 Å². The molecule has 5 saturated heterocycles. The van der Waals surface area contributed by atoms with Gasteiger partial charge in [0.05, 0.1) is 33.0 Å². The van der Waals surface area contributed by atoms with Crippen LogP contribution in [0, 0.1) is 0 Å². The fourth-order valence-electron chi connectivity index (χ4n) is 6.89. The molecule has 25 atom stereocenters. The summed E-state index contributed by atoms with van der Waals surface area (Å²) in [5.41, 5.74) is 0. The van der Waals surface area contributed by atoms with Gasteiger partial charge in [0.2, 0.25) is 0 Å². The predicted molar refractivity (Wildman–Crippen MR) is 167 cm³/mol. The maximum Gasteiger partial charge on any atom is 0.187 e. The van der Waals surface area contributed by atoms with E-state index >= 15 is 0 Å². The maximum atomic E-state index is 11.3. The molecular formula is C30H52O26. The largest absolute Gasteiger partial charge is 0.394 e. The van der Waals surface area contributed by atoms with Gasteiger partial charge in [0.15, 0.2) is 31.5 Å². The molecule has 0 saturated carbocycles. The Balaban J connectivity index is 1.37. The summed E-state index contributed by atoms with van der Waals surface area (Å²) in [5, 5.41) is 175. The van der Waals surface area contributed by atoms with Crippen LogP contribution < -0.4 is 0 Å². The summed E-state index contributed by atoms with van der Waals surface area (Å²) in [4.78, 5) is 0. The van der Waals surface area contributed by atoms with Crippen molar-refractivity contribution in [1.29, 1.82) is 0 Å². The Morgan fingerprint density at radius 1 is 0.393 bits per heavy atom. The fourth-order valence-corrected chi connectivity index (χ4v) is 6.89. The Bertz CT molecular complexity index is 1200. The van der Waals surface area contributed by atoms with Crippen molar-refractivity contribution < 1.29 is 129 Å². The second kappa shape index (κ2) is 19.6. The summed E-state index contributed by atoms with van der Waals surface area (Å²) >= 11 is 0. The van der Waals surface area contributed by atoms with Gasteiger partial charge in [-0.05, 0) is 0 Å². The Labute approximate surface area is 316 Å². The van der Waals surface area contributed by atoms with E-state index < -0.39 is 187 Å². The quantitative estimate of drug-likeness (QED) is 0.0773. The van der Waals surface area contributed by atoms with Crippen molar-refractivity contribution in [3.63, 3.8) is 0 Å². The molecule has 0 aliphatic carbocycles. The predicted octanol–water partition coefficient (Wildman–Crippen LogP) is -11.9. The maximum absolute atomic E-state index is 11.3. The van der Waals surface area contributed by atoms with Crippen LogP contribution in [0.2, 0.25) is 0 Å². The lowest BCUT2D eigenvalue weighted by Crippen LogP contribution is -2.67. The molecule has 56 heavy (non-hydrogen) atoms. The molecule has 5 aliphatic rings. The van der Waals surface area contributed by atoms with E-state index in [1.807, 2.05) is 0 Å². The van der Waals surface area contributed by atoms with E-state index in [2.05, 4.69) is 0 Å². The molecule has 0 bridgehead atoms. The van der Waals surface area contributed by atoms with E-state index in [9.17, 15) is 86.8 Å². The summed E-state index contributed by atoms with van der Waals surface area (Å²) in [6, 6.07) is 0. The van der Waals surface area contributed by atoms with Gasteiger partial charge in [0.25, 0.3) is 0 Å². The summed E-state index contributed by atoms with van der Waals surface area (Å²) in [6.45, 7) is -4.37. The van der Waals surface area contributed by atoms with E-state index in [0.29, 0.717) is 0 Å². The molecule has 0 unspecified atom stereocenters. The molecule has 0 aromatic rings. The molecule has 5 heterocycles. The highest BCUT2D eigenvalue weighted by molar-refractivity contribution is 4.98. The van der Waals surface area contributed by atoms with Crippen LogP contribution in [0.1, 0.15) is 0 Å². The van der Waals surface area contributed by atoms with Crippen molar-refractivity contribution in [2.75, 3.05) is 33.0 Å². The molecule has 0 amide bonds. The van der Waals surface area contributed by atoms with E-state index in [1.54, 1.807) is 0 Å². The van der Waals surface area contributed by atoms with E-state index in [-0.39, 0.29) is 0 Å². The van der Waals surface area contributed by atoms with Crippen LogP contribution in [0.25, 0.3) is 0 Å². The zero-order valence-electron chi connectivity index (χ0n) is 29.2. The summed E-state index contributed by atoms with van der Waals surface area (Å²) in [5.74, 6) is 0.